The van der Waals surface area contributed by atoms with Crippen LogP contribution in [0.25, 0.3) is 0 Å². The number of amides is 1. The number of rotatable bonds is 6. The van der Waals surface area contributed by atoms with Crippen molar-refractivity contribution in [2.24, 2.45) is 0 Å². The van der Waals surface area contributed by atoms with Gasteiger partial charge >= 0.3 is 0 Å². The van der Waals surface area contributed by atoms with Gasteiger partial charge in [-0.3, -0.25) is 4.79 Å². The molecule has 138 valence electrons. The molecule has 0 aliphatic carbocycles. The highest BCUT2D eigenvalue weighted by Gasteiger charge is 2.33. The molecule has 5 nitrogen and oxygen atoms in total. The fraction of sp³-hybridized carbons (Fsp3) is 0.350. The van der Waals surface area contributed by atoms with E-state index in [-0.39, 0.29) is 36.0 Å². The second-order valence-corrected chi connectivity index (χ2v) is 9.03. The average Bonchev–Trinajstić information content (AvgIpc) is 3.02. The number of carbonyl (C=O) groups excluding carboxylic acids is 1. The number of sulfone groups is 1. The van der Waals surface area contributed by atoms with Crippen molar-refractivity contribution in [3.63, 3.8) is 0 Å². The predicted molar refractivity (Wildman–Crippen MR) is 101 cm³/mol. The van der Waals surface area contributed by atoms with E-state index in [1.807, 2.05) is 41.7 Å². The SMILES string of the molecule is CN(C(=O)C[NH2+]C(c1ccccc1)c1ccccc1)[C@@H]1CCS(=O)(=O)C1. The lowest BCUT2D eigenvalue weighted by atomic mass is 9.99. The minimum absolute atomic E-state index is 0.0297. The number of carbonyl (C=O) groups is 1. The molecule has 2 aromatic rings. The maximum atomic E-state index is 12.6. The monoisotopic (exact) mass is 373 g/mol. The van der Waals surface area contributed by atoms with Gasteiger partial charge in [0.25, 0.3) is 5.91 Å². The van der Waals surface area contributed by atoms with Crippen LogP contribution in [-0.4, -0.2) is 50.4 Å². The van der Waals surface area contributed by atoms with E-state index in [2.05, 4.69) is 24.3 Å². The van der Waals surface area contributed by atoms with E-state index in [1.165, 1.54) is 0 Å². The zero-order chi connectivity index (χ0) is 18.6. The fourth-order valence-corrected chi connectivity index (χ4v) is 5.21. The Morgan fingerprint density at radius 3 is 2.08 bits per heavy atom. The van der Waals surface area contributed by atoms with Gasteiger partial charge in [-0.25, -0.2) is 8.42 Å². The van der Waals surface area contributed by atoms with E-state index >= 15 is 0 Å². The highest BCUT2D eigenvalue weighted by atomic mass is 32.2. The highest BCUT2D eigenvalue weighted by molar-refractivity contribution is 7.91. The maximum Gasteiger partial charge on any atom is 0.277 e. The predicted octanol–water partition coefficient (Wildman–Crippen LogP) is 0.985. The van der Waals surface area contributed by atoms with Gasteiger partial charge in [0.1, 0.15) is 6.04 Å². The summed E-state index contributed by atoms with van der Waals surface area (Å²) in [5.74, 6) is 0.218. The molecule has 26 heavy (non-hydrogen) atoms. The average molecular weight is 373 g/mol. The van der Waals surface area contributed by atoms with Crippen LogP contribution < -0.4 is 5.32 Å². The van der Waals surface area contributed by atoms with E-state index in [9.17, 15) is 13.2 Å². The summed E-state index contributed by atoms with van der Waals surface area (Å²) in [5.41, 5.74) is 2.27. The smallest absolute Gasteiger partial charge is 0.277 e. The van der Waals surface area contributed by atoms with Crippen LogP contribution in [0.2, 0.25) is 0 Å². The standard InChI is InChI=1S/C20H24N2O3S/c1-22(18-12-13-26(24,25)15-18)19(23)14-21-20(16-8-4-2-5-9-16)17-10-6-3-7-11-17/h2-11,18,20-21H,12-15H2,1H3/p+1/t18-/m1/s1. The summed E-state index contributed by atoms with van der Waals surface area (Å²) in [6, 6.07) is 20.0. The summed E-state index contributed by atoms with van der Waals surface area (Å²) in [6.45, 7) is 0.279. The molecular formula is C20H25N2O3S+. The first-order valence-electron chi connectivity index (χ1n) is 8.85. The van der Waals surface area contributed by atoms with E-state index in [0.29, 0.717) is 6.42 Å². The zero-order valence-corrected chi connectivity index (χ0v) is 15.7. The van der Waals surface area contributed by atoms with Crippen LogP contribution in [0.4, 0.5) is 0 Å². The van der Waals surface area contributed by atoms with Gasteiger partial charge in [-0.2, -0.15) is 0 Å². The summed E-state index contributed by atoms with van der Waals surface area (Å²) in [4.78, 5) is 14.2. The quantitative estimate of drug-likeness (QED) is 0.821. The minimum Gasteiger partial charge on any atom is -0.337 e. The van der Waals surface area contributed by atoms with Crippen molar-refractivity contribution in [2.75, 3.05) is 25.1 Å². The third kappa shape index (κ3) is 4.51. The molecule has 6 heteroatoms. The van der Waals surface area contributed by atoms with Crippen LogP contribution in [0, 0.1) is 0 Å². The lowest BCUT2D eigenvalue weighted by Gasteiger charge is -2.24. The molecular weight excluding hydrogens is 348 g/mol. The number of hydrogen-bond acceptors (Lipinski definition) is 3. The van der Waals surface area contributed by atoms with E-state index in [1.54, 1.807) is 11.9 Å². The van der Waals surface area contributed by atoms with Crippen molar-refractivity contribution < 1.29 is 18.5 Å². The minimum atomic E-state index is -3.00. The van der Waals surface area contributed by atoms with Gasteiger partial charge < -0.3 is 10.2 Å². The Hall–Kier alpha value is -2.18. The lowest BCUT2D eigenvalue weighted by molar-refractivity contribution is -0.677. The van der Waals surface area contributed by atoms with Gasteiger partial charge in [-0.15, -0.1) is 0 Å². The van der Waals surface area contributed by atoms with Gasteiger partial charge in [-0.05, 0) is 6.42 Å². The number of benzene rings is 2. The molecule has 1 aliphatic heterocycles. The summed E-state index contributed by atoms with van der Waals surface area (Å²) < 4.78 is 23.3. The largest absolute Gasteiger partial charge is 0.337 e. The first-order chi connectivity index (χ1) is 12.5. The van der Waals surface area contributed by atoms with Gasteiger partial charge in [0.05, 0.1) is 11.5 Å². The lowest BCUT2D eigenvalue weighted by Crippen LogP contribution is -2.87. The van der Waals surface area contributed by atoms with Crippen molar-refractivity contribution in [2.45, 2.75) is 18.5 Å². The van der Waals surface area contributed by atoms with Crippen molar-refractivity contribution in [1.29, 1.82) is 0 Å². The van der Waals surface area contributed by atoms with Gasteiger partial charge in [0, 0.05) is 24.2 Å². The fourth-order valence-electron chi connectivity index (χ4n) is 3.43. The molecule has 0 aromatic heterocycles. The summed E-state index contributed by atoms with van der Waals surface area (Å²) in [5, 5.41) is 2.02. The summed E-state index contributed by atoms with van der Waals surface area (Å²) in [6.07, 6.45) is 0.533. The second-order valence-electron chi connectivity index (χ2n) is 6.80. The molecule has 1 saturated heterocycles. The Morgan fingerprint density at radius 1 is 1.08 bits per heavy atom. The van der Waals surface area contributed by atoms with Crippen molar-refractivity contribution >= 4 is 15.7 Å². The molecule has 3 rings (SSSR count). The molecule has 1 amide bonds. The van der Waals surface area contributed by atoms with E-state index < -0.39 is 9.84 Å². The normalized spacial score (nSPS) is 18.8. The number of hydrogen-bond donors (Lipinski definition) is 1. The molecule has 0 spiro atoms. The molecule has 1 fully saturated rings. The molecule has 2 aromatic carbocycles. The van der Waals surface area contributed by atoms with Crippen LogP contribution in [0.3, 0.4) is 0 Å². The van der Waals surface area contributed by atoms with Gasteiger partial charge in [-0.1, -0.05) is 60.7 Å². The zero-order valence-electron chi connectivity index (χ0n) is 14.9. The second kappa shape index (κ2) is 8.01. The molecule has 0 unspecified atom stereocenters. The van der Waals surface area contributed by atoms with Crippen molar-refractivity contribution in [3.05, 3.63) is 71.8 Å². The summed E-state index contributed by atoms with van der Waals surface area (Å²) in [7, 11) is -1.29. The molecule has 0 radical (unpaired) electrons. The Labute approximate surface area is 154 Å². The Morgan fingerprint density at radius 2 is 1.62 bits per heavy atom. The van der Waals surface area contributed by atoms with Crippen molar-refractivity contribution in [1.82, 2.24) is 4.90 Å². The van der Waals surface area contributed by atoms with Gasteiger partial charge in [0.2, 0.25) is 0 Å². The first-order valence-corrected chi connectivity index (χ1v) is 10.7. The Kier molecular flexibility index (Phi) is 5.74. The third-order valence-corrected chi connectivity index (χ3v) is 6.75. The molecule has 2 N–H and O–H groups in total. The van der Waals surface area contributed by atoms with Crippen LogP contribution in [-0.2, 0) is 14.6 Å². The van der Waals surface area contributed by atoms with Crippen LogP contribution >= 0.6 is 0 Å². The van der Waals surface area contributed by atoms with Crippen LogP contribution in [0.5, 0.6) is 0 Å². The maximum absolute atomic E-state index is 12.6. The Balaban J connectivity index is 1.69. The van der Waals surface area contributed by atoms with Crippen molar-refractivity contribution in [3.8, 4) is 0 Å². The third-order valence-electron chi connectivity index (χ3n) is 5.00. The Bertz CT molecular complexity index is 798. The highest BCUT2D eigenvalue weighted by Crippen LogP contribution is 2.18. The molecule has 1 aliphatic rings. The van der Waals surface area contributed by atoms with Gasteiger partial charge in [0.15, 0.2) is 16.4 Å². The van der Waals surface area contributed by atoms with E-state index in [4.69, 9.17) is 0 Å². The number of nitrogens with two attached hydrogens (primary N) is 1. The number of likely N-dealkylation sites (N-methyl/N-ethyl adjacent to an activating group) is 1. The van der Waals surface area contributed by atoms with E-state index in [0.717, 1.165) is 11.1 Å². The van der Waals surface area contributed by atoms with Crippen LogP contribution in [0.1, 0.15) is 23.6 Å². The first kappa shape index (κ1) is 18.6. The molecule has 0 bridgehead atoms. The number of nitrogens with zero attached hydrogens (tertiary/aromatic N) is 1. The topological polar surface area (TPSA) is 71.1 Å². The number of quaternary nitrogens is 1. The molecule has 0 saturated carbocycles. The van der Waals surface area contributed by atoms with Crippen LogP contribution in [0.15, 0.2) is 60.7 Å². The molecule has 1 heterocycles. The summed E-state index contributed by atoms with van der Waals surface area (Å²) >= 11 is 0. The molecule has 1 atom stereocenters.